The van der Waals surface area contributed by atoms with Gasteiger partial charge in [-0.2, -0.15) is 0 Å². The molecule has 1 atom stereocenters. The second kappa shape index (κ2) is 9.65. The summed E-state index contributed by atoms with van der Waals surface area (Å²) in [5.74, 6) is 1.79. The molecule has 1 aliphatic heterocycles. The Kier molecular flexibility index (Phi) is 6.69. The molecule has 1 unspecified atom stereocenters. The van der Waals surface area contributed by atoms with Crippen molar-refractivity contribution in [1.29, 1.82) is 0 Å². The highest BCUT2D eigenvalue weighted by Gasteiger charge is 2.41. The maximum atomic E-state index is 13.3. The maximum Gasteiger partial charge on any atom is 0.255 e. The molecule has 2 aromatic rings. The van der Waals surface area contributed by atoms with Crippen LogP contribution in [0.15, 0.2) is 47.7 Å². The second-order valence-corrected chi connectivity index (χ2v) is 8.93. The molecule has 8 heteroatoms. The molecule has 0 saturated carbocycles. The third-order valence-corrected chi connectivity index (χ3v) is 6.96. The molecule has 168 valence electrons. The lowest BCUT2D eigenvalue weighted by Crippen LogP contribution is -2.34. The highest BCUT2D eigenvalue weighted by Crippen LogP contribution is 2.44. The van der Waals surface area contributed by atoms with Crippen molar-refractivity contribution < 1.29 is 19.1 Å². The van der Waals surface area contributed by atoms with Gasteiger partial charge in [0, 0.05) is 23.5 Å². The molecule has 32 heavy (non-hydrogen) atoms. The average molecular weight is 454 g/mol. The fourth-order valence-electron chi connectivity index (χ4n) is 4.13. The molecule has 1 aliphatic carbocycles. The normalized spacial score (nSPS) is 17.9. The van der Waals surface area contributed by atoms with E-state index >= 15 is 0 Å². The molecule has 0 spiro atoms. The highest BCUT2D eigenvalue weighted by molar-refractivity contribution is 8.00. The predicted molar refractivity (Wildman–Crippen MR) is 126 cm³/mol. The number of hydrogen-bond donors (Lipinski definition) is 1. The number of aryl methyl sites for hydroxylation is 1. The molecule has 2 heterocycles. The Morgan fingerprint density at radius 2 is 1.94 bits per heavy atom. The van der Waals surface area contributed by atoms with Gasteiger partial charge in [0.05, 0.1) is 20.0 Å². The largest absolute Gasteiger partial charge is 0.493 e. The number of nitrogens with one attached hydrogen (secondary N) is 1. The lowest BCUT2D eigenvalue weighted by atomic mass is 9.94. The van der Waals surface area contributed by atoms with Crippen LogP contribution >= 0.6 is 11.8 Å². The molecule has 1 aromatic heterocycles. The van der Waals surface area contributed by atoms with E-state index in [1.54, 1.807) is 37.4 Å². The van der Waals surface area contributed by atoms with Crippen LogP contribution in [0.25, 0.3) is 0 Å². The monoisotopic (exact) mass is 453 g/mol. The number of pyridine rings is 1. The number of aromatic nitrogens is 1. The Bertz CT molecular complexity index is 1050. The van der Waals surface area contributed by atoms with Crippen LogP contribution in [-0.2, 0) is 9.59 Å². The van der Waals surface area contributed by atoms with Gasteiger partial charge in [-0.1, -0.05) is 6.07 Å². The van der Waals surface area contributed by atoms with Gasteiger partial charge >= 0.3 is 0 Å². The van der Waals surface area contributed by atoms with Gasteiger partial charge in [-0.15, -0.1) is 11.8 Å². The van der Waals surface area contributed by atoms with Crippen molar-refractivity contribution in [1.82, 2.24) is 4.98 Å². The predicted octanol–water partition coefficient (Wildman–Crippen LogP) is 4.32. The fraction of sp³-hybridized carbons (Fsp3) is 0.375. The van der Waals surface area contributed by atoms with Crippen molar-refractivity contribution in [2.45, 2.75) is 38.0 Å². The van der Waals surface area contributed by atoms with Crippen molar-refractivity contribution in [3.8, 4) is 11.5 Å². The van der Waals surface area contributed by atoms with E-state index in [4.69, 9.17) is 9.47 Å². The van der Waals surface area contributed by atoms with Gasteiger partial charge in [0.15, 0.2) is 11.5 Å². The Morgan fingerprint density at radius 3 is 2.66 bits per heavy atom. The zero-order valence-corrected chi connectivity index (χ0v) is 19.3. The van der Waals surface area contributed by atoms with Crippen LogP contribution in [0.1, 0.15) is 31.2 Å². The topological polar surface area (TPSA) is 80.8 Å². The number of hydrogen-bond acceptors (Lipinski definition) is 6. The molecule has 7 nitrogen and oxygen atoms in total. The zero-order valence-electron chi connectivity index (χ0n) is 18.5. The zero-order chi connectivity index (χ0) is 22.7. The molecule has 2 aliphatic rings. The van der Waals surface area contributed by atoms with E-state index in [0.717, 1.165) is 48.1 Å². The van der Waals surface area contributed by atoms with Gasteiger partial charge in [0.1, 0.15) is 11.2 Å². The molecular weight excluding hydrogens is 426 g/mol. The molecule has 0 fully saturated rings. The number of nitrogens with zero attached hydrogens (tertiary/aromatic N) is 2. The van der Waals surface area contributed by atoms with Gasteiger partial charge in [-0.05, 0) is 61.9 Å². The smallest absolute Gasteiger partial charge is 0.255 e. The number of methoxy groups -OCH3 is 2. The van der Waals surface area contributed by atoms with Crippen LogP contribution in [0.5, 0.6) is 11.5 Å². The van der Waals surface area contributed by atoms with E-state index in [-0.39, 0.29) is 22.9 Å². The number of amides is 2. The quantitative estimate of drug-likeness (QED) is 0.672. The van der Waals surface area contributed by atoms with Crippen LogP contribution < -0.4 is 19.7 Å². The van der Waals surface area contributed by atoms with E-state index in [1.165, 1.54) is 11.8 Å². The van der Waals surface area contributed by atoms with Crippen molar-refractivity contribution in [2.24, 2.45) is 0 Å². The summed E-state index contributed by atoms with van der Waals surface area (Å²) >= 11 is 1.47. The van der Waals surface area contributed by atoms with Crippen LogP contribution in [0, 0.1) is 6.92 Å². The average Bonchev–Trinajstić information content (AvgIpc) is 3.10. The molecule has 0 saturated heterocycles. The summed E-state index contributed by atoms with van der Waals surface area (Å²) in [6.07, 6.45) is 5.46. The molecule has 0 bridgehead atoms. The van der Waals surface area contributed by atoms with E-state index in [2.05, 4.69) is 10.3 Å². The number of benzene rings is 1. The van der Waals surface area contributed by atoms with E-state index < -0.39 is 0 Å². The highest BCUT2D eigenvalue weighted by atomic mass is 32.2. The minimum atomic E-state index is -0.215. The number of carbonyl (C=O) groups is 2. The molecule has 4 rings (SSSR count). The standard InChI is InChI=1S/C24H27N3O4S/c1-15-8-11-21(25-13-15)26-22(28)14-32-24-18-7-5-4-6-17(18)23(29)27(24)16-9-10-19(30-2)20(12-16)31-3/h8-13,24H,4-7,14H2,1-3H3,(H,25,26,28). The minimum Gasteiger partial charge on any atom is -0.493 e. The second-order valence-electron chi connectivity index (χ2n) is 7.86. The van der Waals surface area contributed by atoms with Gasteiger partial charge in [-0.3, -0.25) is 14.5 Å². The molecule has 1 aromatic carbocycles. The van der Waals surface area contributed by atoms with Gasteiger partial charge in [0.25, 0.3) is 5.91 Å². The third kappa shape index (κ3) is 4.46. The first-order valence-corrected chi connectivity index (χ1v) is 11.7. The Hall–Kier alpha value is -3.00. The van der Waals surface area contributed by atoms with Crippen LogP contribution in [0.2, 0.25) is 0 Å². The van der Waals surface area contributed by atoms with E-state index in [1.807, 2.05) is 25.1 Å². The lowest BCUT2D eigenvalue weighted by molar-refractivity contribution is -0.115. The fourth-order valence-corrected chi connectivity index (χ4v) is 5.34. The number of thioether (sulfide) groups is 1. The van der Waals surface area contributed by atoms with Gasteiger partial charge < -0.3 is 14.8 Å². The molecular formula is C24H27N3O4S. The summed E-state index contributed by atoms with van der Waals surface area (Å²) in [5.41, 5.74) is 3.80. The van der Waals surface area contributed by atoms with Gasteiger partial charge in [0.2, 0.25) is 5.91 Å². The number of carbonyl (C=O) groups excluding carboxylic acids is 2. The van der Waals surface area contributed by atoms with Crippen LogP contribution in [-0.4, -0.2) is 42.1 Å². The molecule has 1 N–H and O–H groups in total. The lowest BCUT2D eigenvalue weighted by Gasteiger charge is -2.27. The SMILES string of the molecule is COc1ccc(N2C(=O)C3=C(CCCC3)C2SCC(=O)Nc2ccc(C)cn2)cc1OC. The first-order chi connectivity index (χ1) is 15.5. The van der Waals surface area contributed by atoms with E-state index in [0.29, 0.717) is 17.3 Å². The third-order valence-electron chi connectivity index (χ3n) is 5.72. The minimum absolute atomic E-state index is 0.0185. The summed E-state index contributed by atoms with van der Waals surface area (Å²) in [6, 6.07) is 9.18. The van der Waals surface area contributed by atoms with Crippen molar-refractivity contribution >= 4 is 35.1 Å². The molecule has 0 radical (unpaired) electrons. The van der Waals surface area contributed by atoms with Crippen LogP contribution in [0.4, 0.5) is 11.5 Å². The number of ether oxygens (including phenoxy) is 2. The summed E-state index contributed by atoms with van der Waals surface area (Å²) in [6.45, 7) is 1.95. The Morgan fingerprint density at radius 1 is 1.16 bits per heavy atom. The number of rotatable bonds is 7. The Labute approximate surface area is 192 Å². The van der Waals surface area contributed by atoms with E-state index in [9.17, 15) is 9.59 Å². The first kappa shape index (κ1) is 22.2. The summed E-state index contributed by atoms with van der Waals surface area (Å²) in [5, 5.41) is 2.62. The Balaban J connectivity index is 1.55. The van der Waals surface area contributed by atoms with Crippen molar-refractivity contribution in [3.05, 3.63) is 53.2 Å². The van der Waals surface area contributed by atoms with Crippen molar-refractivity contribution in [3.63, 3.8) is 0 Å². The molecule has 2 amide bonds. The van der Waals surface area contributed by atoms with Gasteiger partial charge in [-0.25, -0.2) is 4.98 Å². The summed E-state index contributed by atoms with van der Waals surface area (Å²) in [7, 11) is 3.16. The first-order valence-electron chi connectivity index (χ1n) is 10.6. The number of anilines is 2. The van der Waals surface area contributed by atoms with Crippen molar-refractivity contribution in [2.75, 3.05) is 30.2 Å². The maximum absolute atomic E-state index is 13.3. The van der Waals surface area contributed by atoms with Crippen LogP contribution in [0.3, 0.4) is 0 Å². The summed E-state index contributed by atoms with van der Waals surface area (Å²) in [4.78, 5) is 32.0. The summed E-state index contributed by atoms with van der Waals surface area (Å²) < 4.78 is 10.8.